The van der Waals surface area contributed by atoms with Crippen molar-refractivity contribution >= 4 is 12.6 Å². The Morgan fingerprint density at radius 1 is 1.08 bits per heavy atom. The fraction of sp³-hybridized carbons (Fsp3) is 0.667. The average Bonchev–Trinajstić information content (AvgIpc) is 1.86. The van der Waals surface area contributed by atoms with Crippen molar-refractivity contribution in [3.8, 4) is 0 Å². The van der Waals surface area contributed by atoms with Crippen molar-refractivity contribution in [3.05, 3.63) is 0 Å². The average molecular weight is 182 g/mol. The second-order valence-electron chi connectivity index (χ2n) is 2.17. The molecule has 0 amide bonds. The van der Waals surface area contributed by atoms with Crippen LogP contribution in [-0.4, -0.2) is 29.5 Å². The Kier molecular flexibility index (Phi) is 3.38. The molecule has 0 aliphatic rings. The smallest absolute Gasteiger partial charge is 0.380 e. The van der Waals surface area contributed by atoms with Gasteiger partial charge in [-0.25, -0.2) is 0 Å². The van der Waals surface area contributed by atoms with E-state index in [0.29, 0.717) is 0 Å². The van der Waals surface area contributed by atoms with Crippen LogP contribution in [0.3, 0.4) is 0 Å². The van der Waals surface area contributed by atoms with Gasteiger partial charge in [-0.15, -0.1) is 0 Å². The standard InChI is InChI=1S/C6H5F3O3/c7-6(8,9)5(12,1-3-10)2-4-11/h12H,1-2H2. The van der Waals surface area contributed by atoms with Gasteiger partial charge in [0.15, 0.2) is 5.60 Å². The van der Waals surface area contributed by atoms with Crippen LogP contribution in [0, 0.1) is 0 Å². The third-order valence-electron chi connectivity index (χ3n) is 1.26. The molecule has 0 unspecified atom stereocenters. The molecule has 0 aromatic heterocycles. The third-order valence-corrected chi connectivity index (χ3v) is 1.26. The second kappa shape index (κ2) is 3.66. The first-order valence-corrected chi connectivity index (χ1v) is 2.86. The Morgan fingerprint density at radius 3 is 1.58 bits per heavy atom. The van der Waals surface area contributed by atoms with Gasteiger partial charge < -0.3 is 5.11 Å². The van der Waals surface area contributed by atoms with Gasteiger partial charge in [-0.05, 0) is 0 Å². The first kappa shape index (κ1) is 11.1. The number of alkyl halides is 3. The summed E-state index contributed by atoms with van der Waals surface area (Å²) in [6.07, 6.45) is -5.75. The van der Waals surface area contributed by atoms with Crippen molar-refractivity contribution in [1.82, 2.24) is 0 Å². The van der Waals surface area contributed by atoms with E-state index in [1.807, 2.05) is 0 Å². The Labute approximate surface area is 66.2 Å². The molecule has 0 aliphatic carbocycles. The van der Waals surface area contributed by atoms with E-state index in [1.165, 1.54) is 0 Å². The van der Waals surface area contributed by atoms with Crippen LogP contribution in [0.15, 0.2) is 0 Å². The molecule has 3 nitrogen and oxygen atoms in total. The molecule has 0 aromatic carbocycles. The van der Waals surface area contributed by atoms with Gasteiger partial charge in [0, 0.05) is 0 Å². The lowest BCUT2D eigenvalue weighted by Gasteiger charge is -2.25. The maximum atomic E-state index is 11.9. The van der Waals surface area contributed by atoms with Gasteiger partial charge in [-0.2, -0.15) is 13.2 Å². The number of hydrogen-bond donors (Lipinski definition) is 1. The first-order valence-electron chi connectivity index (χ1n) is 2.86. The topological polar surface area (TPSA) is 54.4 Å². The van der Waals surface area contributed by atoms with Crippen molar-refractivity contribution in [1.29, 1.82) is 0 Å². The Morgan fingerprint density at radius 2 is 1.42 bits per heavy atom. The largest absolute Gasteiger partial charge is 0.418 e. The first-order chi connectivity index (χ1) is 5.37. The molecule has 0 rings (SSSR count). The Hall–Kier alpha value is -0.910. The van der Waals surface area contributed by atoms with E-state index in [2.05, 4.69) is 0 Å². The minimum absolute atomic E-state index is 0.901. The van der Waals surface area contributed by atoms with Gasteiger partial charge in [0.2, 0.25) is 12.6 Å². The highest BCUT2D eigenvalue weighted by atomic mass is 19.4. The highest BCUT2D eigenvalue weighted by Gasteiger charge is 2.53. The summed E-state index contributed by atoms with van der Waals surface area (Å²) in [6.45, 7) is 0. The number of rotatable bonds is 4. The predicted octanol–water partition coefficient (Wildman–Crippen LogP) is 0.279. The highest BCUT2D eigenvalue weighted by molar-refractivity contribution is 5.58. The van der Waals surface area contributed by atoms with Crippen LogP contribution < -0.4 is 0 Å². The van der Waals surface area contributed by atoms with Crippen molar-refractivity contribution in [2.24, 2.45) is 0 Å². The van der Waals surface area contributed by atoms with E-state index in [4.69, 9.17) is 5.11 Å². The lowest BCUT2D eigenvalue weighted by molar-refractivity contribution is -0.254. The minimum atomic E-state index is -5.01. The van der Waals surface area contributed by atoms with Gasteiger partial charge in [0.25, 0.3) is 0 Å². The Bertz CT molecular complexity index is 165. The quantitative estimate of drug-likeness (QED) is 0.679. The molecule has 0 atom stereocenters. The fourth-order valence-corrected chi connectivity index (χ4v) is 0.502. The maximum Gasteiger partial charge on any atom is 0.418 e. The van der Waals surface area contributed by atoms with Crippen molar-refractivity contribution in [3.63, 3.8) is 0 Å². The summed E-state index contributed by atoms with van der Waals surface area (Å²) >= 11 is 0. The van der Waals surface area contributed by atoms with E-state index < -0.39 is 24.6 Å². The summed E-state index contributed by atoms with van der Waals surface area (Å²) in [5.41, 5.74) is -3.31. The molecule has 0 aromatic rings. The van der Waals surface area contributed by atoms with E-state index in [0.717, 1.165) is 12.6 Å². The van der Waals surface area contributed by atoms with Crippen LogP contribution in [0.2, 0.25) is 0 Å². The monoisotopic (exact) mass is 182 g/mol. The zero-order chi connectivity index (χ0) is 9.83. The molecule has 12 heavy (non-hydrogen) atoms. The summed E-state index contributed by atoms with van der Waals surface area (Å²) in [7, 11) is 0. The molecule has 0 heterocycles. The highest BCUT2D eigenvalue weighted by Crippen LogP contribution is 2.34. The van der Waals surface area contributed by atoms with Crippen LogP contribution in [0.4, 0.5) is 13.2 Å². The van der Waals surface area contributed by atoms with Crippen molar-refractivity contribution in [2.75, 3.05) is 0 Å². The molecule has 0 saturated carbocycles. The van der Waals surface area contributed by atoms with Crippen LogP contribution >= 0.6 is 0 Å². The minimum Gasteiger partial charge on any atom is -0.380 e. The molecule has 6 heteroatoms. The van der Waals surface area contributed by atoms with Crippen LogP contribution in [0.5, 0.6) is 0 Å². The molecular formula is C6H5F3O3. The number of aliphatic hydroxyl groups is 1. The van der Waals surface area contributed by atoms with Gasteiger partial charge in [0.1, 0.15) is 0 Å². The molecule has 2 radical (unpaired) electrons. The normalized spacial score (nSPS) is 12.7. The Balaban J connectivity index is 4.59. The summed E-state index contributed by atoms with van der Waals surface area (Å²) < 4.78 is 35.6. The van der Waals surface area contributed by atoms with Crippen molar-refractivity contribution in [2.45, 2.75) is 24.6 Å². The molecule has 68 valence electrons. The van der Waals surface area contributed by atoms with Crippen molar-refractivity contribution < 1.29 is 27.9 Å². The zero-order valence-corrected chi connectivity index (χ0v) is 5.81. The van der Waals surface area contributed by atoms with Crippen LogP contribution in [-0.2, 0) is 9.59 Å². The van der Waals surface area contributed by atoms with E-state index >= 15 is 0 Å². The van der Waals surface area contributed by atoms with Gasteiger partial charge in [0.05, 0.1) is 12.8 Å². The van der Waals surface area contributed by atoms with Crippen LogP contribution in [0.1, 0.15) is 12.8 Å². The van der Waals surface area contributed by atoms with E-state index in [-0.39, 0.29) is 0 Å². The van der Waals surface area contributed by atoms with Crippen LogP contribution in [0.25, 0.3) is 0 Å². The lowest BCUT2D eigenvalue weighted by atomic mass is 9.96. The van der Waals surface area contributed by atoms with E-state index in [9.17, 15) is 22.8 Å². The number of hydrogen-bond acceptors (Lipinski definition) is 3. The molecule has 0 aliphatic heterocycles. The number of carbonyl (C=O) groups excluding carboxylic acids is 2. The van der Waals surface area contributed by atoms with E-state index in [1.54, 1.807) is 0 Å². The second-order valence-corrected chi connectivity index (χ2v) is 2.17. The zero-order valence-electron chi connectivity index (χ0n) is 5.81. The molecule has 0 bridgehead atoms. The SMILES string of the molecule is O=[C]CC(O)(C[C]=O)C(F)(F)F. The number of halogens is 3. The lowest BCUT2D eigenvalue weighted by Crippen LogP contribution is -2.45. The fourth-order valence-electron chi connectivity index (χ4n) is 0.502. The summed E-state index contributed by atoms with van der Waals surface area (Å²) in [4.78, 5) is 19.3. The van der Waals surface area contributed by atoms with Gasteiger partial charge in [-0.1, -0.05) is 0 Å². The van der Waals surface area contributed by atoms with Gasteiger partial charge >= 0.3 is 6.18 Å². The summed E-state index contributed by atoms with van der Waals surface area (Å²) in [5, 5.41) is 8.70. The molecular weight excluding hydrogens is 177 g/mol. The molecule has 1 N–H and O–H groups in total. The summed E-state index contributed by atoms with van der Waals surface area (Å²) in [6, 6.07) is 0. The summed E-state index contributed by atoms with van der Waals surface area (Å²) in [5.74, 6) is 0. The molecule has 0 spiro atoms. The van der Waals surface area contributed by atoms with Gasteiger partial charge in [-0.3, -0.25) is 9.59 Å². The third kappa shape index (κ3) is 2.30. The predicted molar refractivity (Wildman–Crippen MR) is 31.6 cm³/mol. The molecule has 0 saturated heterocycles. The maximum absolute atomic E-state index is 11.9. The molecule has 0 fully saturated rings.